The van der Waals surface area contributed by atoms with Gasteiger partial charge in [-0.25, -0.2) is 4.79 Å². The highest BCUT2D eigenvalue weighted by Gasteiger charge is 2.29. The number of nitrogens with one attached hydrogen (secondary N) is 2. The van der Waals surface area contributed by atoms with Crippen LogP contribution in [0.25, 0.3) is 10.9 Å². The number of nitrogens with zero attached hydrogens (tertiary/aromatic N) is 2. The predicted octanol–water partition coefficient (Wildman–Crippen LogP) is 5.92. The van der Waals surface area contributed by atoms with E-state index in [4.69, 9.17) is 14.2 Å². The Bertz CT molecular complexity index is 1520. The molecule has 8 heteroatoms. The number of ether oxygens (including phenoxy) is 3. The Hall–Kier alpha value is -4.30. The minimum absolute atomic E-state index is 0.168. The lowest BCUT2D eigenvalue weighted by Crippen LogP contribution is -2.42. The number of methoxy groups -OCH3 is 3. The van der Waals surface area contributed by atoms with E-state index in [1.165, 1.54) is 16.7 Å². The van der Waals surface area contributed by atoms with E-state index in [0.717, 1.165) is 71.9 Å². The first-order valence-electron chi connectivity index (χ1n) is 14.0. The molecule has 1 aromatic heterocycles. The second kappa shape index (κ2) is 12.9. The van der Waals surface area contributed by atoms with Crippen LogP contribution in [0, 0.1) is 6.92 Å². The molecule has 8 nitrogen and oxygen atoms in total. The van der Waals surface area contributed by atoms with Crippen LogP contribution in [0.1, 0.15) is 34.8 Å². The Morgan fingerprint density at radius 3 is 2.59 bits per heavy atom. The third-order valence-electron chi connectivity index (χ3n) is 7.73. The molecule has 0 fully saturated rings. The van der Waals surface area contributed by atoms with Gasteiger partial charge in [0.2, 0.25) is 0 Å². The van der Waals surface area contributed by atoms with Crippen molar-refractivity contribution in [1.29, 1.82) is 0 Å². The molecule has 0 spiro atoms. The van der Waals surface area contributed by atoms with Crippen molar-refractivity contribution in [3.8, 4) is 17.2 Å². The number of pyridine rings is 1. The van der Waals surface area contributed by atoms with Crippen LogP contribution in [-0.2, 0) is 12.8 Å². The smallest absolute Gasteiger partial charge is 0.319 e. The zero-order valence-electron chi connectivity index (χ0n) is 24.2. The van der Waals surface area contributed by atoms with Gasteiger partial charge in [0.25, 0.3) is 0 Å². The monoisotopic (exact) mass is 554 g/mol. The quantitative estimate of drug-likeness (QED) is 0.253. The van der Waals surface area contributed by atoms with Crippen LogP contribution in [-0.4, -0.2) is 56.9 Å². The lowest BCUT2D eigenvalue weighted by Gasteiger charge is -2.38. The number of aryl methyl sites for hydroxylation is 2. The van der Waals surface area contributed by atoms with Crippen molar-refractivity contribution in [2.45, 2.75) is 32.2 Å². The summed E-state index contributed by atoms with van der Waals surface area (Å²) in [6.45, 7) is 4.06. The maximum Gasteiger partial charge on any atom is 0.319 e. The molecule has 0 saturated heterocycles. The SMILES string of the molecule is COc1cccc(CCC2c3cc(OC)c(OC)cc3CCN2CCNC(=O)Nc2cc(C)nc3ccccc23)c1. The number of rotatable bonds is 10. The number of benzene rings is 3. The summed E-state index contributed by atoms with van der Waals surface area (Å²) in [4.78, 5) is 19.9. The molecular weight excluding hydrogens is 516 g/mol. The molecule has 1 aliphatic rings. The summed E-state index contributed by atoms with van der Waals surface area (Å²) in [5.74, 6) is 2.35. The number of hydrogen-bond donors (Lipinski definition) is 2. The molecule has 0 bridgehead atoms. The number of fused-ring (bicyclic) bond motifs is 2. The Kier molecular flexibility index (Phi) is 8.89. The highest BCUT2D eigenvalue weighted by atomic mass is 16.5. The highest BCUT2D eigenvalue weighted by Crippen LogP contribution is 2.40. The van der Waals surface area contributed by atoms with Crippen molar-refractivity contribution in [2.75, 3.05) is 46.3 Å². The fraction of sp³-hybridized carbons (Fsp3) is 0.333. The van der Waals surface area contributed by atoms with E-state index >= 15 is 0 Å². The van der Waals surface area contributed by atoms with Crippen molar-refractivity contribution in [2.24, 2.45) is 0 Å². The molecule has 4 aromatic rings. The van der Waals surface area contributed by atoms with Gasteiger partial charge in [-0.15, -0.1) is 0 Å². The summed E-state index contributed by atoms with van der Waals surface area (Å²) in [5.41, 5.74) is 6.24. The lowest BCUT2D eigenvalue weighted by atomic mass is 9.88. The molecule has 41 heavy (non-hydrogen) atoms. The minimum atomic E-state index is -0.225. The van der Waals surface area contributed by atoms with Gasteiger partial charge in [0, 0.05) is 36.8 Å². The molecular formula is C33H38N4O4. The Morgan fingerprint density at radius 1 is 0.976 bits per heavy atom. The molecule has 2 N–H and O–H groups in total. The van der Waals surface area contributed by atoms with Crippen molar-refractivity contribution in [3.05, 3.63) is 89.1 Å². The minimum Gasteiger partial charge on any atom is -0.497 e. The lowest BCUT2D eigenvalue weighted by molar-refractivity contribution is 0.176. The van der Waals surface area contributed by atoms with Crippen LogP contribution < -0.4 is 24.8 Å². The first-order chi connectivity index (χ1) is 20.0. The van der Waals surface area contributed by atoms with Crippen molar-refractivity contribution >= 4 is 22.6 Å². The van der Waals surface area contributed by atoms with Crippen molar-refractivity contribution < 1.29 is 19.0 Å². The normalized spacial score (nSPS) is 14.8. The highest BCUT2D eigenvalue weighted by molar-refractivity contribution is 6.00. The zero-order chi connectivity index (χ0) is 28.8. The molecule has 214 valence electrons. The van der Waals surface area contributed by atoms with E-state index in [2.05, 4.69) is 44.8 Å². The number of amides is 2. The number of hydrogen-bond acceptors (Lipinski definition) is 6. The number of para-hydroxylation sites is 1. The summed E-state index contributed by atoms with van der Waals surface area (Å²) in [7, 11) is 5.04. The fourth-order valence-corrected chi connectivity index (χ4v) is 5.71. The van der Waals surface area contributed by atoms with Gasteiger partial charge in [-0.05, 0) is 79.3 Å². The summed E-state index contributed by atoms with van der Waals surface area (Å²) >= 11 is 0. The molecule has 2 heterocycles. The zero-order valence-corrected chi connectivity index (χ0v) is 24.2. The summed E-state index contributed by atoms with van der Waals surface area (Å²) in [5, 5.41) is 7.01. The number of anilines is 1. The van der Waals surface area contributed by atoms with Gasteiger partial charge in [0.1, 0.15) is 5.75 Å². The maximum atomic E-state index is 12.9. The molecule has 0 radical (unpaired) electrons. The van der Waals surface area contributed by atoms with Gasteiger partial charge in [0.15, 0.2) is 11.5 Å². The summed E-state index contributed by atoms with van der Waals surface area (Å²) in [6, 6.07) is 22.1. The first kappa shape index (κ1) is 28.2. The van der Waals surface area contributed by atoms with Crippen molar-refractivity contribution in [3.63, 3.8) is 0 Å². The standard InChI is InChI=1S/C33H38N4O4/c1-22-18-29(26-10-5-6-11-28(26)35-22)36-33(38)34-15-17-37-16-14-24-20-31(40-3)32(41-4)21-27(24)30(37)13-12-23-8-7-9-25(19-23)39-2/h5-11,18-21,30H,12-17H2,1-4H3,(H2,34,35,36,38). The second-order valence-electron chi connectivity index (χ2n) is 10.3. The molecule has 0 aliphatic carbocycles. The van der Waals surface area contributed by atoms with Gasteiger partial charge < -0.3 is 24.8 Å². The van der Waals surface area contributed by atoms with Gasteiger partial charge in [-0.1, -0.05) is 30.3 Å². The Balaban J connectivity index is 1.29. The van der Waals surface area contributed by atoms with Crippen LogP contribution >= 0.6 is 0 Å². The number of urea groups is 1. The van der Waals surface area contributed by atoms with Crippen LogP contribution in [0.5, 0.6) is 17.2 Å². The third kappa shape index (κ3) is 6.55. The van der Waals surface area contributed by atoms with E-state index in [1.54, 1.807) is 21.3 Å². The number of carbonyl (C=O) groups is 1. The molecule has 3 aromatic carbocycles. The second-order valence-corrected chi connectivity index (χ2v) is 10.3. The van der Waals surface area contributed by atoms with Gasteiger partial charge in [-0.2, -0.15) is 0 Å². The first-order valence-corrected chi connectivity index (χ1v) is 14.0. The Labute approximate surface area is 241 Å². The van der Waals surface area contributed by atoms with E-state index in [9.17, 15) is 4.79 Å². The molecule has 0 saturated carbocycles. The average Bonchev–Trinajstić information content (AvgIpc) is 2.99. The van der Waals surface area contributed by atoms with E-state index in [1.807, 2.05) is 49.4 Å². The van der Waals surface area contributed by atoms with Crippen LogP contribution in [0.15, 0.2) is 66.7 Å². The summed E-state index contributed by atoms with van der Waals surface area (Å²) < 4.78 is 16.7. The topological polar surface area (TPSA) is 85.0 Å². The summed E-state index contributed by atoms with van der Waals surface area (Å²) in [6.07, 6.45) is 2.72. The van der Waals surface area contributed by atoms with Gasteiger partial charge in [0.05, 0.1) is 32.5 Å². The van der Waals surface area contributed by atoms with Crippen molar-refractivity contribution in [1.82, 2.24) is 15.2 Å². The molecule has 1 unspecified atom stereocenters. The largest absolute Gasteiger partial charge is 0.497 e. The van der Waals surface area contributed by atoms with Crippen LogP contribution in [0.4, 0.5) is 10.5 Å². The molecule has 5 rings (SSSR count). The van der Waals surface area contributed by atoms with Gasteiger partial charge in [-0.3, -0.25) is 9.88 Å². The maximum absolute atomic E-state index is 12.9. The molecule has 2 amide bonds. The van der Waals surface area contributed by atoms with E-state index in [-0.39, 0.29) is 12.1 Å². The molecule has 1 aliphatic heterocycles. The molecule has 1 atom stereocenters. The van der Waals surface area contributed by atoms with E-state index < -0.39 is 0 Å². The van der Waals surface area contributed by atoms with Crippen LogP contribution in [0.2, 0.25) is 0 Å². The van der Waals surface area contributed by atoms with E-state index in [0.29, 0.717) is 6.54 Å². The predicted molar refractivity (Wildman–Crippen MR) is 162 cm³/mol. The Morgan fingerprint density at radius 2 is 1.78 bits per heavy atom. The van der Waals surface area contributed by atoms with Crippen LogP contribution in [0.3, 0.4) is 0 Å². The fourth-order valence-electron chi connectivity index (χ4n) is 5.71. The average molecular weight is 555 g/mol. The number of aromatic nitrogens is 1. The third-order valence-corrected chi connectivity index (χ3v) is 7.73. The number of carbonyl (C=O) groups excluding carboxylic acids is 1. The van der Waals surface area contributed by atoms with Gasteiger partial charge >= 0.3 is 6.03 Å².